The van der Waals surface area contributed by atoms with Gasteiger partial charge < -0.3 is 22.3 Å². The second-order valence-electron chi connectivity index (χ2n) is 6.06. The Bertz CT molecular complexity index is 538. The van der Waals surface area contributed by atoms with Gasteiger partial charge in [-0.05, 0) is 50.4 Å². The minimum atomic E-state index is -0.933. The van der Waals surface area contributed by atoms with Gasteiger partial charge in [-0.3, -0.25) is 9.59 Å². The van der Waals surface area contributed by atoms with Gasteiger partial charge in [0, 0.05) is 16.6 Å². The van der Waals surface area contributed by atoms with Crippen LogP contribution >= 0.6 is 23.2 Å². The number of rotatable bonds is 6. The molecule has 2 rings (SSSR count). The fourth-order valence-corrected chi connectivity index (χ4v) is 2.64. The summed E-state index contributed by atoms with van der Waals surface area (Å²) in [6.45, 7) is 0.604. The minimum Gasteiger partial charge on any atom is -0.480 e. The van der Waals surface area contributed by atoms with E-state index < -0.39 is 12.0 Å². The average molecular weight is 406 g/mol. The highest BCUT2D eigenvalue weighted by Crippen LogP contribution is 2.19. The summed E-state index contributed by atoms with van der Waals surface area (Å²) in [5, 5.41) is 9.25. The van der Waals surface area contributed by atoms with Crippen LogP contribution < -0.4 is 17.2 Å². The predicted octanol–water partition coefficient (Wildman–Crippen LogP) is 3.22. The van der Waals surface area contributed by atoms with Crippen LogP contribution in [0.25, 0.3) is 0 Å². The number of unbranched alkanes of at least 4 members (excludes halogenated alkanes) is 1. The molecule has 1 fully saturated rings. The lowest BCUT2D eigenvalue weighted by Gasteiger charge is -2.03. The topological polar surface area (TPSA) is 132 Å². The summed E-state index contributed by atoms with van der Waals surface area (Å²) in [5.41, 5.74) is 16.4. The van der Waals surface area contributed by atoms with Crippen molar-refractivity contribution in [3.05, 3.63) is 33.8 Å². The zero-order valence-corrected chi connectivity index (χ0v) is 16.4. The maximum Gasteiger partial charge on any atom is 0.320 e. The van der Waals surface area contributed by atoms with Crippen LogP contribution in [0.1, 0.15) is 55.3 Å². The molecule has 0 saturated heterocycles. The molecule has 0 bridgehead atoms. The standard InChI is InChI=1S/C7H4Cl2O.C6H14N2O2.C5H11N/c8-6-2-1-5(4-10)7(9)3-6;7-4-2-1-3-5(8)6(9)10;6-5-3-1-2-4-5/h1-4H;5H,1-4,7-8H2,(H,9,10);5H,1-4,6H2/t;5-;/m.0./s1. The first-order chi connectivity index (χ1) is 12.3. The molecule has 6 nitrogen and oxygen atoms in total. The molecule has 7 N–H and O–H groups in total. The van der Waals surface area contributed by atoms with Crippen molar-refractivity contribution in [3.63, 3.8) is 0 Å². The Morgan fingerprint density at radius 1 is 1.27 bits per heavy atom. The van der Waals surface area contributed by atoms with Crippen molar-refractivity contribution >= 4 is 35.5 Å². The van der Waals surface area contributed by atoms with Gasteiger partial charge in [0.05, 0.1) is 5.02 Å². The number of hydrogen-bond donors (Lipinski definition) is 4. The molecule has 0 unspecified atom stereocenters. The number of aldehydes is 1. The molecule has 8 heteroatoms. The third-order valence-electron chi connectivity index (χ3n) is 3.78. The molecule has 0 heterocycles. The second kappa shape index (κ2) is 14.9. The van der Waals surface area contributed by atoms with Crippen molar-refractivity contribution in [2.45, 2.75) is 57.0 Å². The summed E-state index contributed by atoms with van der Waals surface area (Å²) in [4.78, 5) is 20.3. The molecule has 1 atom stereocenters. The SMILES string of the molecule is NC1CCCC1.NCCCC[C@H](N)C(=O)O.O=Cc1ccc(Cl)cc1Cl. The summed E-state index contributed by atoms with van der Waals surface area (Å²) in [6.07, 6.45) is 8.11. The van der Waals surface area contributed by atoms with Gasteiger partial charge >= 0.3 is 5.97 Å². The molecule has 0 amide bonds. The Morgan fingerprint density at radius 2 is 1.88 bits per heavy atom. The molecule has 148 valence electrons. The lowest BCUT2D eigenvalue weighted by Crippen LogP contribution is -2.29. The van der Waals surface area contributed by atoms with Crippen LogP contribution in [0.3, 0.4) is 0 Å². The number of carbonyl (C=O) groups excluding carboxylic acids is 1. The van der Waals surface area contributed by atoms with Gasteiger partial charge in [-0.2, -0.15) is 0 Å². The first kappa shape index (κ1) is 24.8. The van der Waals surface area contributed by atoms with Crippen LogP contribution in [-0.2, 0) is 4.79 Å². The van der Waals surface area contributed by atoms with Gasteiger partial charge in [-0.25, -0.2) is 0 Å². The van der Waals surface area contributed by atoms with E-state index in [9.17, 15) is 9.59 Å². The Morgan fingerprint density at radius 3 is 2.27 bits per heavy atom. The summed E-state index contributed by atoms with van der Waals surface area (Å²) >= 11 is 11.2. The molecular weight excluding hydrogens is 377 g/mol. The van der Waals surface area contributed by atoms with E-state index in [0.717, 1.165) is 12.8 Å². The number of carboxylic acid groups (broad SMARTS) is 1. The lowest BCUT2D eigenvalue weighted by atomic mass is 10.1. The van der Waals surface area contributed by atoms with E-state index in [1.165, 1.54) is 31.7 Å². The number of benzene rings is 1. The van der Waals surface area contributed by atoms with E-state index >= 15 is 0 Å². The molecule has 0 aliphatic heterocycles. The highest BCUT2D eigenvalue weighted by atomic mass is 35.5. The van der Waals surface area contributed by atoms with Crippen molar-refractivity contribution in [3.8, 4) is 0 Å². The van der Waals surface area contributed by atoms with Crippen molar-refractivity contribution < 1.29 is 14.7 Å². The van der Waals surface area contributed by atoms with Gasteiger partial charge in [0.2, 0.25) is 0 Å². The maximum atomic E-state index is 10.2. The van der Waals surface area contributed by atoms with Crippen LogP contribution in [0.5, 0.6) is 0 Å². The molecular formula is C18H29Cl2N3O3. The summed E-state index contributed by atoms with van der Waals surface area (Å²) < 4.78 is 0. The molecule has 26 heavy (non-hydrogen) atoms. The zero-order valence-electron chi connectivity index (χ0n) is 14.9. The van der Waals surface area contributed by atoms with Crippen molar-refractivity contribution in [2.75, 3.05) is 6.54 Å². The molecule has 0 radical (unpaired) electrons. The maximum absolute atomic E-state index is 10.2. The summed E-state index contributed by atoms with van der Waals surface area (Å²) in [7, 11) is 0. The van der Waals surface area contributed by atoms with Gasteiger partial charge in [0.15, 0.2) is 6.29 Å². The monoisotopic (exact) mass is 405 g/mol. The van der Waals surface area contributed by atoms with E-state index in [1.54, 1.807) is 12.1 Å². The molecule has 0 aromatic heterocycles. The Kier molecular flexibility index (Phi) is 14.3. The summed E-state index contributed by atoms with van der Waals surface area (Å²) in [5.74, 6) is -0.933. The smallest absolute Gasteiger partial charge is 0.320 e. The molecule has 1 aromatic carbocycles. The van der Waals surface area contributed by atoms with Gasteiger partial charge in [0.25, 0.3) is 0 Å². The average Bonchev–Trinajstić information content (AvgIpc) is 3.07. The first-order valence-corrected chi connectivity index (χ1v) is 9.41. The predicted molar refractivity (Wildman–Crippen MR) is 107 cm³/mol. The van der Waals surface area contributed by atoms with E-state index in [0.29, 0.717) is 40.9 Å². The van der Waals surface area contributed by atoms with Crippen LogP contribution in [0, 0.1) is 0 Å². The van der Waals surface area contributed by atoms with Crippen molar-refractivity contribution in [1.82, 2.24) is 0 Å². The van der Waals surface area contributed by atoms with E-state index in [-0.39, 0.29) is 0 Å². The van der Waals surface area contributed by atoms with Crippen LogP contribution in [0.2, 0.25) is 10.0 Å². The normalized spacial score (nSPS) is 14.5. The first-order valence-electron chi connectivity index (χ1n) is 8.66. The number of nitrogens with two attached hydrogens (primary N) is 3. The third-order valence-corrected chi connectivity index (χ3v) is 4.34. The Balaban J connectivity index is 0.000000372. The Labute approximate surface area is 165 Å². The van der Waals surface area contributed by atoms with Crippen LogP contribution in [-0.4, -0.2) is 36.0 Å². The molecule has 1 aromatic rings. The van der Waals surface area contributed by atoms with Crippen LogP contribution in [0.4, 0.5) is 0 Å². The largest absolute Gasteiger partial charge is 0.480 e. The fourth-order valence-electron chi connectivity index (χ4n) is 2.19. The second-order valence-corrected chi connectivity index (χ2v) is 6.90. The lowest BCUT2D eigenvalue weighted by molar-refractivity contribution is -0.138. The minimum absolute atomic E-state index is 0.391. The third kappa shape index (κ3) is 12.2. The quantitative estimate of drug-likeness (QED) is 0.424. The number of carbonyl (C=O) groups is 2. The van der Waals surface area contributed by atoms with Gasteiger partial charge in [-0.1, -0.05) is 42.5 Å². The van der Waals surface area contributed by atoms with E-state index in [1.807, 2.05) is 0 Å². The highest BCUT2D eigenvalue weighted by molar-refractivity contribution is 6.36. The number of halogens is 2. The van der Waals surface area contributed by atoms with Crippen molar-refractivity contribution in [2.24, 2.45) is 17.2 Å². The van der Waals surface area contributed by atoms with Gasteiger partial charge in [0.1, 0.15) is 6.04 Å². The summed E-state index contributed by atoms with van der Waals surface area (Å²) in [6, 6.07) is 4.57. The molecule has 1 saturated carbocycles. The van der Waals surface area contributed by atoms with Crippen molar-refractivity contribution in [1.29, 1.82) is 0 Å². The number of hydrogen-bond acceptors (Lipinski definition) is 5. The number of aliphatic carboxylic acids is 1. The van der Waals surface area contributed by atoms with Gasteiger partial charge in [-0.15, -0.1) is 0 Å². The van der Waals surface area contributed by atoms with Crippen LogP contribution in [0.15, 0.2) is 18.2 Å². The zero-order chi connectivity index (χ0) is 19.9. The Hall–Kier alpha value is -1.18. The number of carboxylic acids is 1. The van der Waals surface area contributed by atoms with E-state index in [2.05, 4.69) is 0 Å². The molecule has 1 aliphatic rings. The fraction of sp³-hybridized carbons (Fsp3) is 0.556. The van der Waals surface area contributed by atoms with E-state index in [4.69, 9.17) is 45.5 Å². The highest BCUT2D eigenvalue weighted by Gasteiger charge is 2.09. The molecule has 1 aliphatic carbocycles. The molecule has 0 spiro atoms.